The first-order valence-corrected chi connectivity index (χ1v) is 7.40. The van der Waals surface area contributed by atoms with Gasteiger partial charge in [0.05, 0.1) is 10.7 Å². The van der Waals surface area contributed by atoms with Crippen LogP contribution in [0, 0.1) is 0 Å². The molecule has 2 rings (SSSR count). The van der Waals surface area contributed by atoms with Crippen LogP contribution >= 0.6 is 23.8 Å². The summed E-state index contributed by atoms with van der Waals surface area (Å²) in [6, 6.07) is 15.9. The lowest BCUT2D eigenvalue weighted by Gasteiger charge is -2.14. The van der Waals surface area contributed by atoms with Gasteiger partial charge in [0.15, 0.2) is 5.11 Å². The van der Waals surface area contributed by atoms with Crippen molar-refractivity contribution in [1.82, 2.24) is 5.32 Å². The first kappa shape index (κ1) is 15.6. The van der Waals surface area contributed by atoms with Crippen molar-refractivity contribution in [2.45, 2.75) is 6.54 Å². The topological polar surface area (TPSA) is 27.3 Å². The quantitative estimate of drug-likeness (QED) is 0.836. The molecule has 0 aromatic heterocycles. The molecule has 110 valence electrons. The third-order valence-corrected chi connectivity index (χ3v) is 3.60. The Morgan fingerprint density at radius 2 is 1.76 bits per heavy atom. The van der Waals surface area contributed by atoms with Gasteiger partial charge in [0.25, 0.3) is 0 Å². The van der Waals surface area contributed by atoms with E-state index in [4.69, 9.17) is 23.8 Å². The molecule has 0 fully saturated rings. The molecule has 0 atom stereocenters. The molecular formula is C16H18ClN3S. The summed E-state index contributed by atoms with van der Waals surface area (Å²) in [4.78, 5) is 2.07. The van der Waals surface area contributed by atoms with Gasteiger partial charge in [-0.25, -0.2) is 0 Å². The van der Waals surface area contributed by atoms with Gasteiger partial charge in [-0.3, -0.25) is 0 Å². The molecular weight excluding hydrogens is 302 g/mol. The molecule has 0 saturated carbocycles. The van der Waals surface area contributed by atoms with Gasteiger partial charge in [-0.15, -0.1) is 0 Å². The number of hydrogen-bond acceptors (Lipinski definition) is 2. The Labute approximate surface area is 135 Å². The summed E-state index contributed by atoms with van der Waals surface area (Å²) >= 11 is 11.4. The number of thiocarbonyl (C=S) groups is 1. The van der Waals surface area contributed by atoms with Gasteiger partial charge in [-0.05, 0) is 42.0 Å². The molecule has 0 bridgehead atoms. The largest absolute Gasteiger partial charge is 0.378 e. The number of nitrogens with zero attached hydrogens (tertiary/aromatic N) is 1. The minimum atomic E-state index is 0.555. The van der Waals surface area contributed by atoms with Crippen LogP contribution in [0.5, 0.6) is 0 Å². The van der Waals surface area contributed by atoms with E-state index >= 15 is 0 Å². The highest BCUT2D eigenvalue weighted by Gasteiger charge is 2.02. The monoisotopic (exact) mass is 319 g/mol. The molecule has 0 aliphatic carbocycles. The van der Waals surface area contributed by atoms with E-state index in [2.05, 4.69) is 39.8 Å². The zero-order chi connectivity index (χ0) is 15.2. The first-order valence-electron chi connectivity index (χ1n) is 6.62. The van der Waals surface area contributed by atoms with Crippen LogP contribution in [0.4, 0.5) is 11.4 Å². The number of para-hydroxylation sites is 1. The lowest BCUT2D eigenvalue weighted by atomic mass is 10.2. The Kier molecular flexibility index (Phi) is 5.42. The highest BCUT2D eigenvalue weighted by atomic mass is 35.5. The van der Waals surface area contributed by atoms with E-state index in [1.54, 1.807) is 0 Å². The molecule has 0 unspecified atom stereocenters. The van der Waals surface area contributed by atoms with Gasteiger partial charge >= 0.3 is 0 Å². The van der Waals surface area contributed by atoms with E-state index in [-0.39, 0.29) is 0 Å². The number of anilines is 2. The number of benzene rings is 2. The zero-order valence-electron chi connectivity index (χ0n) is 12.1. The minimum Gasteiger partial charge on any atom is -0.378 e. The lowest BCUT2D eigenvalue weighted by Crippen LogP contribution is -2.28. The molecule has 3 nitrogen and oxygen atoms in total. The summed E-state index contributed by atoms with van der Waals surface area (Å²) in [6.45, 7) is 0.671. The molecule has 0 saturated heterocycles. The lowest BCUT2D eigenvalue weighted by molar-refractivity contribution is 0.925. The van der Waals surface area contributed by atoms with Crippen LogP contribution in [-0.2, 0) is 6.54 Å². The van der Waals surface area contributed by atoms with Crippen molar-refractivity contribution < 1.29 is 0 Å². The maximum atomic E-state index is 6.08. The van der Waals surface area contributed by atoms with Crippen LogP contribution in [0.25, 0.3) is 0 Å². The standard InChI is InChI=1S/C16H18ClN3S/c1-20(2)13-9-7-12(8-10-13)11-18-16(21)19-15-6-4-3-5-14(15)17/h3-10H,11H2,1-2H3,(H2,18,19,21). The maximum Gasteiger partial charge on any atom is 0.171 e. The fraction of sp³-hybridized carbons (Fsp3) is 0.188. The van der Waals surface area contributed by atoms with Gasteiger partial charge in [-0.1, -0.05) is 35.9 Å². The summed E-state index contributed by atoms with van der Waals surface area (Å²) in [5.74, 6) is 0. The van der Waals surface area contributed by atoms with E-state index in [0.717, 1.165) is 5.69 Å². The molecule has 0 aliphatic heterocycles. The van der Waals surface area contributed by atoms with Crippen LogP contribution in [0.3, 0.4) is 0 Å². The highest BCUT2D eigenvalue weighted by molar-refractivity contribution is 7.80. The minimum absolute atomic E-state index is 0.555. The van der Waals surface area contributed by atoms with E-state index < -0.39 is 0 Å². The fourth-order valence-corrected chi connectivity index (χ4v) is 2.19. The van der Waals surface area contributed by atoms with Crippen molar-refractivity contribution in [3.05, 3.63) is 59.1 Å². The van der Waals surface area contributed by atoms with Crippen molar-refractivity contribution in [2.24, 2.45) is 0 Å². The first-order chi connectivity index (χ1) is 10.1. The second-order valence-electron chi connectivity index (χ2n) is 4.85. The average Bonchev–Trinajstić information content (AvgIpc) is 2.48. The molecule has 21 heavy (non-hydrogen) atoms. The van der Waals surface area contributed by atoms with Crippen molar-refractivity contribution in [1.29, 1.82) is 0 Å². The fourth-order valence-electron chi connectivity index (χ4n) is 1.82. The molecule has 5 heteroatoms. The predicted molar refractivity (Wildman–Crippen MR) is 95.3 cm³/mol. The summed E-state index contributed by atoms with van der Waals surface area (Å²) in [7, 11) is 4.05. The third-order valence-electron chi connectivity index (χ3n) is 3.03. The molecule has 0 aliphatic rings. The SMILES string of the molecule is CN(C)c1ccc(CNC(=S)Nc2ccccc2Cl)cc1. The summed E-state index contributed by atoms with van der Waals surface area (Å²) in [5, 5.41) is 7.47. The van der Waals surface area contributed by atoms with Crippen LogP contribution < -0.4 is 15.5 Å². The van der Waals surface area contributed by atoms with Gasteiger partial charge in [0.1, 0.15) is 0 Å². The molecule has 2 aromatic rings. The zero-order valence-corrected chi connectivity index (χ0v) is 13.6. The molecule has 0 amide bonds. The van der Waals surface area contributed by atoms with Crippen LogP contribution in [-0.4, -0.2) is 19.2 Å². The Morgan fingerprint density at radius 3 is 2.38 bits per heavy atom. The molecule has 2 N–H and O–H groups in total. The van der Waals surface area contributed by atoms with E-state index in [0.29, 0.717) is 16.7 Å². The van der Waals surface area contributed by atoms with Gasteiger partial charge in [-0.2, -0.15) is 0 Å². The normalized spacial score (nSPS) is 10.0. The number of nitrogens with one attached hydrogen (secondary N) is 2. The van der Waals surface area contributed by atoms with Crippen molar-refractivity contribution in [2.75, 3.05) is 24.3 Å². The second kappa shape index (κ2) is 7.29. The van der Waals surface area contributed by atoms with Crippen LogP contribution in [0.1, 0.15) is 5.56 Å². The number of hydrogen-bond donors (Lipinski definition) is 2. The maximum absolute atomic E-state index is 6.08. The summed E-state index contributed by atoms with van der Waals surface area (Å²) < 4.78 is 0. The van der Waals surface area contributed by atoms with Crippen LogP contribution in [0.2, 0.25) is 5.02 Å². The number of halogens is 1. The van der Waals surface area contributed by atoms with Gasteiger partial charge < -0.3 is 15.5 Å². The van der Waals surface area contributed by atoms with E-state index in [1.165, 1.54) is 11.3 Å². The third kappa shape index (κ3) is 4.62. The Hall–Kier alpha value is -1.78. The van der Waals surface area contributed by atoms with Crippen molar-refractivity contribution in [3.8, 4) is 0 Å². The predicted octanol–water partition coefficient (Wildman–Crippen LogP) is 3.89. The average molecular weight is 320 g/mol. The molecule has 0 spiro atoms. The Bertz CT molecular complexity index is 611. The van der Waals surface area contributed by atoms with Crippen molar-refractivity contribution >= 4 is 40.3 Å². The molecule has 0 radical (unpaired) electrons. The van der Waals surface area contributed by atoms with Crippen LogP contribution in [0.15, 0.2) is 48.5 Å². The van der Waals surface area contributed by atoms with Gasteiger partial charge in [0, 0.05) is 26.3 Å². The van der Waals surface area contributed by atoms with Gasteiger partial charge in [0.2, 0.25) is 0 Å². The second-order valence-corrected chi connectivity index (χ2v) is 5.66. The molecule has 0 heterocycles. The number of rotatable bonds is 4. The summed E-state index contributed by atoms with van der Waals surface area (Å²) in [5.41, 5.74) is 3.15. The van der Waals surface area contributed by atoms with E-state index in [1.807, 2.05) is 38.4 Å². The summed E-state index contributed by atoms with van der Waals surface area (Å²) in [6.07, 6.45) is 0. The molecule has 2 aromatic carbocycles. The highest BCUT2D eigenvalue weighted by Crippen LogP contribution is 2.20. The Morgan fingerprint density at radius 1 is 1.10 bits per heavy atom. The smallest absolute Gasteiger partial charge is 0.171 e. The Balaban J connectivity index is 1.88. The van der Waals surface area contributed by atoms with Crippen molar-refractivity contribution in [3.63, 3.8) is 0 Å². The van der Waals surface area contributed by atoms with E-state index in [9.17, 15) is 0 Å².